The molecule has 1 amide bonds. The Kier molecular flexibility index (Phi) is 4.90. The molecule has 2 heterocycles. The van der Waals surface area contributed by atoms with Crippen LogP contribution in [0, 0.1) is 6.92 Å². The average Bonchev–Trinajstić information content (AvgIpc) is 2.77. The number of anilines is 1. The Bertz CT molecular complexity index is 435. The largest absolute Gasteiger partial charge is 0.395 e. The summed E-state index contributed by atoms with van der Waals surface area (Å²) in [6.45, 7) is 4.46. The van der Waals surface area contributed by atoms with Crippen LogP contribution in [0.1, 0.15) is 31.9 Å². The van der Waals surface area contributed by atoms with Crippen LogP contribution in [-0.4, -0.2) is 46.1 Å². The minimum absolute atomic E-state index is 0.0541. The molecule has 2 rings (SSSR count). The number of amides is 1. The first-order valence-electron chi connectivity index (χ1n) is 6.68. The van der Waals surface area contributed by atoms with E-state index in [1.54, 1.807) is 0 Å². The van der Waals surface area contributed by atoms with E-state index in [-0.39, 0.29) is 18.6 Å². The summed E-state index contributed by atoms with van der Waals surface area (Å²) in [7, 11) is 0. The molecule has 0 aliphatic carbocycles. The van der Waals surface area contributed by atoms with Crippen molar-refractivity contribution in [2.75, 3.05) is 18.5 Å². The van der Waals surface area contributed by atoms with Crippen molar-refractivity contribution < 1.29 is 9.90 Å². The molecule has 1 saturated heterocycles. The number of aliphatic hydroxyl groups excluding tert-OH is 1. The molecule has 0 saturated carbocycles. The van der Waals surface area contributed by atoms with E-state index in [0.29, 0.717) is 17.7 Å². The lowest BCUT2D eigenvalue weighted by Gasteiger charge is -2.39. The summed E-state index contributed by atoms with van der Waals surface area (Å²) in [5.74, 6) is -0.0541. The molecule has 106 valence electrons. The van der Waals surface area contributed by atoms with Crippen LogP contribution >= 0.6 is 11.3 Å². The molecule has 1 aromatic heterocycles. The van der Waals surface area contributed by atoms with Crippen LogP contribution in [0.4, 0.5) is 5.13 Å². The molecule has 5 nitrogen and oxygen atoms in total. The van der Waals surface area contributed by atoms with Gasteiger partial charge in [0.1, 0.15) is 0 Å². The van der Waals surface area contributed by atoms with Crippen LogP contribution in [0.2, 0.25) is 0 Å². The van der Waals surface area contributed by atoms with Crippen LogP contribution in [0.3, 0.4) is 0 Å². The van der Waals surface area contributed by atoms with Gasteiger partial charge in [-0.15, -0.1) is 11.3 Å². The highest BCUT2D eigenvalue weighted by Gasteiger charge is 2.28. The third-order valence-electron chi connectivity index (χ3n) is 3.60. The van der Waals surface area contributed by atoms with Gasteiger partial charge in [-0.2, -0.15) is 0 Å². The molecule has 19 heavy (non-hydrogen) atoms. The number of nitrogens with zero attached hydrogens (tertiary/aromatic N) is 2. The number of carbonyl (C=O) groups is 1. The van der Waals surface area contributed by atoms with E-state index in [2.05, 4.69) is 22.1 Å². The van der Waals surface area contributed by atoms with Crippen LogP contribution in [0.25, 0.3) is 0 Å². The maximum absolute atomic E-state index is 12.0. The van der Waals surface area contributed by atoms with Crippen molar-refractivity contribution in [3.8, 4) is 0 Å². The fourth-order valence-corrected chi connectivity index (χ4v) is 3.26. The minimum atomic E-state index is -0.0541. The number of likely N-dealkylation sites (tertiary alicyclic amines) is 1. The van der Waals surface area contributed by atoms with Crippen molar-refractivity contribution in [1.29, 1.82) is 0 Å². The number of piperidine rings is 1. The summed E-state index contributed by atoms with van der Waals surface area (Å²) in [5, 5.41) is 14.8. The van der Waals surface area contributed by atoms with Gasteiger partial charge in [0.15, 0.2) is 5.13 Å². The summed E-state index contributed by atoms with van der Waals surface area (Å²) in [6, 6.07) is 0.446. The highest BCUT2D eigenvalue weighted by atomic mass is 32.1. The second-order valence-corrected chi connectivity index (χ2v) is 5.99. The van der Waals surface area contributed by atoms with Crippen LogP contribution < -0.4 is 5.32 Å². The number of hydrogen-bond donors (Lipinski definition) is 2. The van der Waals surface area contributed by atoms with Gasteiger partial charge in [0.25, 0.3) is 0 Å². The van der Waals surface area contributed by atoms with Gasteiger partial charge >= 0.3 is 0 Å². The number of aryl methyl sites for hydroxylation is 1. The third kappa shape index (κ3) is 3.75. The van der Waals surface area contributed by atoms with Gasteiger partial charge in [-0.3, -0.25) is 9.69 Å². The van der Waals surface area contributed by atoms with Crippen molar-refractivity contribution >= 4 is 22.4 Å². The Morgan fingerprint density at radius 1 is 1.63 bits per heavy atom. The lowest BCUT2D eigenvalue weighted by Crippen LogP contribution is -2.50. The SMILES string of the molecule is Cc1csc(NC(=O)CN2C(C)CCCC2CO)n1. The van der Waals surface area contributed by atoms with Gasteiger partial charge < -0.3 is 10.4 Å². The van der Waals surface area contributed by atoms with E-state index >= 15 is 0 Å². The number of carbonyl (C=O) groups excluding carboxylic acids is 1. The second kappa shape index (κ2) is 6.45. The summed E-state index contributed by atoms with van der Waals surface area (Å²) in [4.78, 5) is 18.3. The molecule has 1 fully saturated rings. The van der Waals surface area contributed by atoms with E-state index in [0.717, 1.165) is 25.0 Å². The van der Waals surface area contributed by atoms with Crippen LogP contribution in [-0.2, 0) is 4.79 Å². The molecule has 0 bridgehead atoms. The first-order valence-corrected chi connectivity index (χ1v) is 7.56. The number of aliphatic hydroxyl groups is 1. The van der Waals surface area contributed by atoms with Gasteiger partial charge in [-0.25, -0.2) is 4.98 Å². The molecule has 0 radical (unpaired) electrons. The lowest BCUT2D eigenvalue weighted by atomic mass is 9.97. The Labute approximate surface area is 117 Å². The molecule has 2 N–H and O–H groups in total. The highest BCUT2D eigenvalue weighted by Crippen LogP contribution is 2.22. The van der Waals surface area contributed by atoms with E-state index in [1.165, 1.54) is 11.3 Å². The van der Waals surface area contributed by atoms with Crippen molar-refractivity contribution in [2.45, 2.75) is 45.2 Å². The van der Waals surface area contributed by atoms with Gasteiger partial charge in [0.05, 0.1) is 18.8 Å². The molecule has 6 heteroatoms. The molecule has 2 unspecified atom stereocenters. The zero-order valence-electron chi connectivity index (χ0n) is 11.4. The lowest BCUT2D eigenvalue weighted by molar-refractivity contribution is -0.119. The zero-order valence-corrected chi connectivity index (χ0v) is 12.2. The maximum Gasteiger partial charge on any atom is 0.240 e. The fraction of sp³-hybridized carbons (Fsp3) is 0.692. The molecular weight excluding hydrogens is 262 g/mol. The Morgan fingerprint density at radius 3 is 3.05 bits per heavy atom. The number of thiazole rings is 1. The molecule has 1 aliphatic heterocycles. The smallest absolute Gasteiger partial charge is 0.240 e. The van der Waals surface area contributed by atoms with Gasteiger partial charge in [-0.1, -0.05) is 6.42 Å². The summed E-state index contributed by atoms with van der Waals surface area (Å²) < 4.78 is 0. The standard InChI is InChI=1S/C13H21N3O2S/c1-9-8-19-13(14-9)15-12(18)6-16-10(2)4-3-5-11(16)7-17/h8,10-11,17H,3-7H2,1-2H3,(H,14,15,18). The molecule has 1 aliphatic rings. The number of aromatic nitrogens is 1. The predicted molar refractivity (Wildman–Crippen MR) is 76.4 cm³/mol. The second-order valence-electron chi connectivity index (χ2n) is 5.13. The third-order valence-corrected chi connectivity index (χ3v) is 4.47. The van der Waals surface area contributed by atoms with Crippen LogP contribution in [0.15, 0.2) is 5.38 Å². The predicted octanol–water partition coefficient (Wildman–Crippen LogP) is 1.63. The summed E-state index contributed by atoms with van der Waals surface area (Å²) in [6.07, 6.45) is 3.17. The Balaban J connectivity index is 1.92. The first-order chi connectivity index (χ1) is 9.10. The highest BCUT2D eigenvalue weighted by molar-refractivity contribution is 7.13. The molecule has 2 atom stereocenters. The molecule has 0 aromatic carbocycles. The number of hydrogen-bond acceptors (Lipinski definition) is 5. The summed E-state index contributed by atoms with van der Waals surface area (Å²) in [5.41, 5.74) is 0.917. The maximum atomic E-state index is 12.0. The van der Waals surface area contributed by atoms with E-state index in [9.17, 15) is 9.90 Å². The van der Waals surface area contributed by atoms with E-state index in [1.807, 2.05) is 12.3 Å². The van der Waals surface area contributed by atoms with Gasteiger partial charge in [0, 0.05) is 17.5 Å². The molecule has 0 spiro atoms. The van der Waals surface area contributed by atoms with Crippen LogP contribution in [0.5, 0.6) is 0 Å². The Morgan fingerprint density at radius 2 is 2.42 bits per heavy atom. The average molecular weight is 283 g/mol. The minimum Gasteiger partial charge on any atom is -0.395 e. The normalized spacial score (nSPS) is 24.4. The number of rotatable bonds is 4. The topological polar surface area (TPSA) is 65.5 Å². The van der Waals surface area contributed by atoms with Crippen molar-refractivity contribution in [3.63, 3.8) is 0 Å². The van der Waals surface area contributed by atoms with Gasteiger partial charge in [-0.05, 0) is 26.7 Å². The fourth-order valence-electron chi connectivity index (χ4n) is 2.56. The van der Waals surface area contributed by atoms with E-state index < -0.39 is 0 Å². The zero-order chi connectivity index (χ0) is 13.8. The van der Waals surface area contributed by atoms with Crippen molar-refractivity contribution in [2.24, 2.45) is 0 Å². The van der Waals surface area contributed by atoms with Crippen molar-refractivity contribution in [3.05, 3.63) is 11.1 Å². The van der Waals surface area contributed by atoms with Gasteiger partial charge in [0.2, 0.25) is 5.91 Å². The monoisotopic (exact) mass is 283 g/mol. The molecule has 1 aromatic rings. The Hall–Kier alpha value is -0.980. The summed E-state index contributed by atoms with van der Waals surface area (Å²) >= 11 is 1.44. The number of nitrogens with one attached hydrogen (secondary N) is 1. The first kappa shape index (κ1) is 14.4. The quantitative estimate of drug-likeness (QED) is 0.881. The molecular formula is C13H21N3O2S. The van der Waals surface area contributed by atoms with Crippen molar-refractivity contribution in [1.82, 2.24) is 9.88 Å². The van der Waals surface area contributed by atoms with E-state index in [4.69, 9.17) is 0 Å².